The zero-order chi connectivity index (χ0) is 19.6. The van der Waals surface area contributed by atoms with E-state index in [1.165, 1.54) is 49.7 Å². The van der Waals surface area contributed by atoms with E-state index in [9.17, 15) is 4.79 Å². The molecule has 4 saturated carbocycles. The normalized spacial score (nSPS) is 31.8. The molecule has 0 unspecified atom stereocenters. The molecule has 1 amide bonds. The van der Waals surface area contributed by atoms with Crippen LogP contribution in [0.1, 0.15) is 61.8 Å². The van der Waals surface area contributed by atoms with Crippen LogP contribution in [0.5, 0.6) is 0 Å². The summed E-state index contributed by atoms with van der Waals surface area (Å²) in [5.74, 6) is 5.63. The first kappa shape index (κ1) is 18.1. The van der Waals surface area contributed by atoms with Gasteiger partial charge in [-0.2, -0.15) is 16.9 Å². The van der Waals surface area contributed by atoms with Crippen molar-refractivity contribution in [1.29, 1.82) is 0 Å². The van der Waals surface area contributed by atoms with E-state index in [4.69, 9.17) is 5.10 Å². The Morgan fingerprint density at radius 2 is 1.83 bits per heavy atom. The van der Waals surface area contributed by atoms with E-state index in [1.54, 1.807) is 0 Å². The summed E-state index contributed by atoms with van der Waals surface area (Å²) in [4.78, 5) is 13.3. The summed E-state index contributed by atoms with van der Waals surface area (Å²) in [6.45, 7) is 2.11. The first-order valence-corrected chi connectivity index (χ1v) is 12.3. The molecule has 7 rings (SSSR count). The van der Waals surface area contributed by atoms with Crippen LogP contribution < -0.4 is 5.32 Å². The second-order valence-corrected chi connectivity index (χ2v) is 11.1. The first-order chi connectivity index (χ1) is 14.1. The van der Waals surface area contributed by atoms with Gasteiger partial charge in [-0.3, -0.25) is 4.79 Å². The third kappa shape index (κ3) is 3.04. The van der Waals surface area contributed by atoms with Crippen LogP contribution in [-0.4, -0.2) is 15.7 Å². The number of anilines is 1. The smallest absolute Gasteiger partial charge is 0.226 e. The number of aryl methyl sites for hydroxylation is 1. The van der Waals surface area contributed by atoms with E-state index in [2.05, 4.69) is 30.4 Å². The Kier molecular flexibility index (Phi) is 4.13. The van der Waals surface area contributed by atoms with Crippen LogP contribution in [0.25, 0.3) is 5.69 Å². The molecule has 5 heteroatoms. The third-order valence-electron chi connectivity index (χ3n) is 7.85. The van der Waals surface area contributed by atoms with Crippen molar-refractivity contribution in [2.45, 2.75) is 63.4 Å². The van der Waals surface area contributed by atoms with Gasteiger partial charge >= 0.3 is 0 Å². The topological polar surface area (TPSA) is 46.9 Å². The molecule has 0 saturated heterocycles. The predicted molar refractivity (Wildman–Crippen MR) is 117 cm³/mol. The fourth-order valence-electron chi connectivity index (χ4n) is 7.14. The summed E-state index contributed by atoms with van der Waals surface area (Å²) >= 11 is 1.89. The largest absolute Gasteiger partial charge is 0.310 e. The average molecular weight is 408 g/mol. The van der Waals surface area contributed by atoms with Gasteiger partial charge in [-0.15, -0.1) is 0 Å². The molecule has 1 aromatic heterocycles. The highest BCUT2D eigenvalue weighted by Gasteiger charge is 2.51. The van der Waals surface area contributed by atoms with Crippen LogP contribution in [0.4, 0.5) is 5.82 Å². The number of nitrogens with one attached hydrogen (secondary N) is 1. The highest BCUT2D eigenvalue weighted by atomic mass is 32.2. The second-order valence-electron chi connectivity index (χ2n) is 10.1. The van der Waals surface area contributed by atoms with E-state index in [0.717, 1.165) is 46.5 Å². The van der Waals surface area contributed by atoms with Crippen molar-refractivity contribution in [3.05, 3.63) is 41.1 Å². The molecule has 0 spiro atoms. The van der Waals surface area contributed by atoms with Crippen LogP contribution in [0.15, 0.2) is 24.3 Å². The minimum Gasteiger partial charge on any atom is -0.310 e. The van der Waals surface area contributed by atoms with Crippen molar-refractivity contribution in [3.8, 4) is 5.69 Å². The molecule has 1 aromatic carbocycles. The Balaban J connectivity index is 1.28. The van der Waals surface area contributed by atoms with Gasteiger partial charge in [-0.1, -0.05) is 18.2 Å². The second kappa shape index (κ2) is 6.63. The number of hydrogen-bond donors (Lipinski definition) is 1. The van der Waals surface area contributed by atoms with Crippen molar-refractivity contribution in [3.63, 3.8) is 0 Å². The summed E-state index contributed by atoms with van der Waals surface area (Å²) in [5.41, 5.74) is 4.86. The lowest BCUT2D eigenvalue weighted by atomic mass is 9.49. The van der Waals surface area contributed by atoms with Gasteiger partial charge in [0.15, 0.2) is 0 Å². The Hall–Kier alpha value is -1.75. The Labute approximate surface area is 176 Å². The Morgan fingerprint density at radius 1 is 1.14 bits per heavy atom. The number of fused-ring (bicyclic) bond motifs is 1. The van der Waals surface area contributed by atoms with Crippen molar-refractivity contribution in [2.75, 3.05) is 5.32 Å². The van der Waals surface area contributed by atoms with Crippen LogP contribution >= 0.6 is 11.8 Å². The maximum absolute atomic E-state index is 13.3. The molecule has 5 aliphatic rings. The molecule has 2 aromatic rings. The van der Waals surface area contributed by atoms with E-state index in [0.29, 0.717) is 6.42 Å². The molecular formula is C24H29N3OS. The monoisotopic (exact) mass is 407 g/mol. The molecule has 29 heavy (non-hydrogen) atoms. The Morgan fingerprint density at radius 3 is 2.52 bits per heavy atom. The maximum Gasteiger partial charge on any atom is 0.226 e. The quantitative estimate of drug-likeness (QED) is 0.731. The number of rotatable bonds is 4. The number of benzene rings is 1. The van der Waals surface area contributed by atoms with Gasteiger partial charge < -0.3 is 5.32 Å². The fraction of sp³-hybridized carbons (Fsp3) is 0.583. The van der Waals surface area contributed by atoms with Gasteiger partial charge in [0.25, 0.3) is 0 Å². The number of carbonyl (C=O) groups excluding carboxylic acids is 1. The molecule has 4 fully saturated rings. The van der Waals surface area contributed by atoms with Gasteiger partial charge in [0, 0.05) is 23.5 Å². The highest BCUT2D eigenvalue weighted by molar-refractivity contribution is 7.98. The molecule has 4 bridgehead atoms. The lowest BCUT2D eigenvalue weighted by Crippen LogP contribution is -2.47. The number of nitrogens with zero attached hydrogens (tertiary/aromatic N) is 2. The number of para-hydroxylation sites is 1. The molecule has 1 aliphatic heterocycles. The maximum atomic E-state index is 13.3. The van der Waals surface area contributed by atoms with Crippen molar-refractivity contribution < 1.29 is 4.79 Å². The summed E-state index contributed by atoms with van der Waals surface area (Å²) in [6, 6.07) is 8.30. The van der Waals surface area contributed by atoms with Crippen molar-refractivity contribution in [1.82, 2.24) is 9.78 Å². The number of amides is 1. The predicted octanol–water partition coefficient (Wildman–Crippen LogP) is 5.47. The summed E-state index contributed by atoms with van der Waals surface area (Å²) in [6.07, 6.45) is 8.78. The molecule has 0 atom stereocenters. The summed E-state index contributed by atoms with van der Waals surface area (Å²) in [7, 11) is 0. The molecule has 1 N–H and O–H groups in total. The van der Waals surface area contributed by atoms with Gasteiger partial charge in [0.2, 0.25) is 5.91 Å². The lowest BCUT2D eigenvalue weighted by Gasteiger charge is -2.56. The standard InChI is InChI=1S/C24H29N3OS/c1-15-4-2-3-5-21(15)27-23(19-13-29-14-20(19)26-27)25-22(28)12-24-9-16-6-17(10-24)8-18(7-16)11-24/h2-5,16-18H,6-14H2,1H3,(H,25,28). The lowest BCUT2D eigenvalue weighted by molar-refractivity contribution is -0.124. The van der Waals surface area contributed by atoms with Crippen LogP contribution in [0, 0.1) is 30.1 Å². The minimum atomic E-state index is 0.196. The summed E-state index contributed by atoms with van der Waals surface area (Å²) in [5, 5.41) is 8.22. The van der Waals surface area contributed by atoms with E-state index < -0.39 is 0 Å². The van der Waals surface area contributed by atoms with Crippen molar-refractivity contribution in [2.24, 2.45) is 23.2 Å². The number of aromatic nitrogens is 2. The fourth-order valence-corrected chi connectivity index (χ4v) is 8.17. The van der Waals surface area contributed by atoms with Crippen molar-refractivity contribution >= 4 is 23.5 Å². The number of thioether (sulfide) groups is 1. The molecule has 0 radical (unpaired) electrons. The number of hydrogen-bond acceptors (Lipinski definition) is 3. The molecule has 4 nitrogen and oxygen atoms in total. The molecular weight excluding hydrogens is 378 g/mol. The highest BCUT2D eigenvalue weighted by Crippen LogP contribution is 2.61. The third-order valence-corrected chi connectivity index (χ3v) is 8.82. The molecule has 4 aliphatic carbocycles. The van der Waals surface area contributed by atoms with Gasteiger partial charge in [0.05, 0.1) is 11.4 Å². The van der Waals surface area contributed by atoms with Crippen LogP contribution in [-0.2, 0) is 16.3 Å². The SMILES string of the molecule is Cc1ccccc1-n1nc2c(c1NC(=O)CC13CC4CC(CC(C4)C1)C3)CSC2. The van der Waals surface area contributed by atoms with Crippen LogP contribution in [0.2, 0.25) is 0 Å². The van der Waals surface area contributed by atoms with Gasteiger partial charge in [-0.25, -0.2) is 4.68 Å². The summed E-state index contributed by atoms with van der Waals surface area (Å²) < 4.78 is 1.98. The van der Waals surface area contributed by atoms with E-state index in [-0.39, 0.29) is 11.3 Å². The number of carbonyl (C=O) groups is 1. The average Bonchev–Trinajstić information content (AvgIpc) is 3.23. The Bertz CT molecular complexity index is 943. The molecule has 152 valence electrons. The van der Waals surface area contributed by atoms with E-state index >= 15 is 0 Å². The molecule has 2 heterocycles. The zero-order valence-corrected chi connectivity index (χ0v) is 17.9. The minimum absolute atomic E-state index is 0.196. The van der Waals surface area contributed by atoms with Gasteiger partial charge in [-0.05, 0) is 80.2 Å². The first-order valence-electron chi connectivity index (χ1n) is 11.1. The van der Waals surface area contributed by atoms with Gasteiger partial charge in [0.1, 0.15) is 5.82 Å². The van der Waals surface area contributed by atoms with E-state index in [1.807, 2.05) is 22.5 Å². The zero-order valence-electron chi connectivity index (χ0n) is 17.1. The van der Waals surface area contributed by atoms with Crippen LogP contribution in [0.3, 0.4) is 0 Å².